The number of imidazole rings is 1. The monoisotopic (exact) mass is 295 g/mol. The van der Waals surface area contributed by atoms with E-state index in [1.54, 1.807) is 13.2 Å². The first-order valence-electron chi connectivity index (χ1n) is 6.46. The summed E-state index contributed by atoms with van der Waals surface area (Å²) in [5.74, 6) is 0. The number of aromatic nitrogens is 2. The number of aromatic amines is 1. The van der Waals surface area contributed by atoms with Gasteiger partial charge in [-0.2, -0.15) is 5.26 Å². The molecule has 0 bridgehead atoms. The van der Waals surface area contributed by atoms with Crippen LogP contribution >= 0.6 is 12.2 Å². The molecule has 2 aromatic carbocycles. The van der Waals surface area contributed by atoms with Gasteiger partial charge in [0.2, 0.25) is 0 Å². The Morgan fingerprint density at radius 2 is 2.10 bits per heavy atom. The quantitative estimate of drug-likeness (QED) is 0.749. The van der Waals surface area contributed by atoms with Crippen molar-refractivity contribution < 1.29 is 4.74 Å². The normalized spacial score (nSPS) is 10.7. The van der Waals surface area contributed by atoms with Gasteiger partial charge in [0.25, 0.3) is 0 Å². The largest absolute Gasteiger partial charge is 0.380 e. The van der Waals surface area contributed by atoms with Crippen LogP contribution in [0.2, 0.25) is 0 Å². The molecule has 0 saturated carbocycles. The maximum absolute atomic E-state index is 9.09. The second-order valence-corrected chi connectivity index (χ2v) is 5.06. The summed E-state index contributed by atoms with van der Waals surface area (Å²) >= 11 is 5.44. The van der Waals surface area contributed by atoms with E-state index < -0.39 is 0 Å². The predicted molar refractivity (Wildman–Crippen MR) is 83.9 cm³/mol. The molecular weight excluding hydrogens is 282 g/mol. The fourth-order valence-electron chi connectivity index (χ4n) is 2.42. The highest BCUT2D eigenvalue weighted by Gasteiger charge is 2.10. The number of hydrogen-bond acceptors (Lipinski definition) is 3. The average molecular weight is 295 g/mol. The molecular formula is C16H13N3OS. The number of nitrogens with zero attached hydrogens (tertiary/aromatic N) is 2. The molecule has 0 saturated heterocycles. The van der Waals surface area contributed by atoms with Crippen molar-refractivity contribution in [2.45, 2.75) is 6.61 Å². The lowest BCUT2D eigenvalue weighted by atomic mass is 10.1. The van der Waals surface area contributed by atoms with E-state index in [1.165, 1.54) is 0 Å². The molecule has 5 heteroatoms. The van der Waals surface area contributed by atoms with E-state index in [4.69, 9.17) is 22.2 Å². The van der Waals surface area contributed by atoms with Gasteiger partial charge < -0.3 is 9.72 Å². The maximum atomic E-state index is 9.09. The van der Waals surface area contributed by atoms with Crippen LogP contribution < -0.4 is 0 Å². The molecule has 0 atom stereocenters. The number of rotatable bonds is 3. The van der Waals surface area contributed by atoms with E-state index >= 15 is 0 Å². The number of benzene rings is 2. The molecule has 0 radical (unpaired) electrons. The Kier molecular flexibility index (Phi) is 3.57. The molecule has 3 rings (SSSR count). The highest BCUT2D eigenvalue weighted by molar-refractivity contribution is 7.71. The Balaban J connectivity index is 2.32. The van der Waals surface area contributed by atoms with Gasteiger partial charge in [-0.1, -0.05) is 18.2 Å². The van der Waals surface area contributed by atoms with E-state index in [9.17, 15) is 0 Å². The van der Waals surface area contributed by atoms with Gasteiger partial charge in [-0.05, 0) is 36.5 Å². The van der Waals surface area contributed by atoms with Gasteiger partial charge in [-0.25, -0.2) is 0 Å². The number of para-hydroxylation sites is 1. The Morgan fingerprint density at radius 3 is 2.86 bits per heavy atom. The van der Waals surface area contributed by atoms with Crippen molar-refractivity contribution in [2.75, 3.05) is 7.11 Å². The summed E-state index contributed by atoms with van der Waals surface area (Å²) in [6, 6.07) is 15.6. The highest BCUT2D eigenvalue weighted by Crippen LogP contribution is 2.23. The summed E-state index contributed by atoms with van der Waals surface area (Å²) in [6.07, 6.45) is 0. The topological polar surface area (TPSA) is 53.7 Å². The van der Waals surface area contributed by atoms with E-state index in [1.807, 2.05) is 41.0 Å². The first kappa shape index (κ1) is 13.6. The summed E-state index contributed by atoms with van der Waals surface area (Å²) < 4.78 is 7.80. The Hall–Kier alpha value is -2.42. The van der Waals surface area contributed by atoms with E-state index in [0.717, 1.165) is 22.3 Å². The molecule has 1 N–H and O–H groups in total. The molecule has 104 valence electrons. The van der Waals surface area contributed by atoms with Gasteiger partial charge in [-0.3, -0.25) is 4.57 Å². The Morgan fingerprint density at radius 1 is 1.29 bits per heavy atom. The second kappa shape index (κ2) is 5.52. The van der Waals surface area contributed by atoms with Gasteiger partial charge in [0.1, 0.15) is 0 Å². The van der Waals surface area contributed by atoms with Gasteiger partial charge in [-0.15, -0.1) is 0 Å². The number of fused-ring (bicyclic) bond motifs is 1. The van der Waals surface area contributed by atoms with Crippen LogP contribution in [0.25, 0.3) is 16.7 Å². The first-order chi connectivity index (χ1) is 10.2. The predicted octanol–water partition coefficient (Wildman–Crippen LogP) is 3.71. The van der Waals surface area contributed by atoms with Crippen molar-refractivity contribution in [1.29, 1.82) is 5.26 Å². The number of nitrogens with one attached hydrogen (secondary N) is 1. The van der Waals surface area contributed by atoms with E-state index in [0.29, 0.717) is 16.9 Å². The molecule has 0 aliphatic rings. The number of nitriles is 1. The number of H-pyrrole nitrogens is 1. The average Bonchev–Trinajstić information content (AvgIpc) is 2.83. The molecule has 4 nitrogen and oxygen atoms in total. The van der Waals surface area contributed by atoms with Crippen LogP contribution in [0, 0.1) is 16.1 Å². The molecule has 0 unspecified atom stereocenters. The minimum absolute atomic E-state index is 0.503. The zero-order valence-corrected chi connectivity index (χ0v) is 12.3. The highest BCUT2D eigenvalue weighted by atomic mass is 32.1. The number of methoxy groups -OCH3 is 1. The third-order valence-corrected chi connectivity index (χ3v) is 3.63. The Labute approximate surface area is 127 Å². The minimum Gasteiger partial charge on any atom is -0.380 e. The second-order valence-electron chi connectivity index (χ2n) is 4.67. The molecule has 21 heavy (non-hydrogen) atoms. The van der Waals surface area contributed by atoms with Gasteiger partial charge in [0, 0.05) is 12.7 Å². The first-order valence-corrected chi connectivity index (χ1v) is 6.87. The summed E-state index contributed by atoms with van der Waals surface area (Å²) in [5, 5.41) is 9.09. The lowest BCUT2D eigenvalue weighted by Gasteiger charge is -2.10. The maximum Gasteiger partial charge on any atom is 0.182 e. The van der Waals surface area contributed by atoms with Crippen molar-refractivity contribution in [3.8, 4) is 11.8 Å². The molecule has 0 amide bonds. The van der Waals surface area contributed by atoms with Gasteiger partial charge in [0.05, 0.1) is 35.0 Å². The van der Waals surface area contributed by atoms with Crippen molar-refractivity contribution in [1.82, 2.24) is 9.55 Å². The smallest absolute Gasteiger partial charge is 0.182 e. The third-order valence-electron chi connectivity index (χ3n) is 3.34. The lowest BCUT2D eigenvalue weighted by molar-refractivity contribution is 0.185. The molecule has 3 aromatic rings. The molecule has 0 spiro atoms. The summed E-state index contributed by atoms with van der Waals surface area (Å²) in [5.41, 5.74) is 4.41. The standard InChI is InChI=1S/C16H13N3OS/c1-20-10-12-4-2-3-5-14(12)19-15-8-11(9-17)6-7-13(15)18-16(19)21/h2-8H,10H2,1H3,(H,18,21). The SMILES string of the molecule is COCc1ccccc1-n1c(=S)[nH]c2ccc(C#N)cc21. The van der Waals surface area contributed by atoms with Crippen molar-refractivity contribution >= 4 is 23.3 Å². The van der Waals surface area contributed by atoms with Crippen LogP contribution in [0.5, 0.6) is 0 Å². The fraction of sp³-hybridized carbons (Fsp3) is 0.125. The zero-order valence-electron chi connectivity index (χ0n) is 11.5. The molecule has 1 aromatic heterocycles. The summed E-state index contributed by atoms with van der Waals surface area (Å²) in [4.78, 5) is 3.17. The molecule has 0 aliphatic heterocycles. The van der Waals surface area contributed by atoms with Crippen LogP contribution in [-0.4, -0.2) is 16.7 Å². The van der Waals surface area contributed by atoms with Crippen LogP contribution in [0.3, 0.4) is 0 Å². The van der Waals surface area contributed by atoms with Crippen LogP contribution in [-0.2, 0) is 11.3 Å². The molecule has 0 fully saturated rings. The summed E-state index contributed by atoms with van der Waals surface area (Å²) in [6.45, 7) is 0.503. The van der Waals surface area contributed by atoms with Crippen molar-refractivity contribution in [3.05, 3.63) is 58.4 Å². The Bertz CT molecular complexity index is 902. The fourth-order valence-corrected chi connectivity index (χ4v) is 2.72. The minimum atomic E-state index is 0.503. The van der Waals surface area contributed by atoms with E-state index in [-0.39, 0.29) is 0 Å². The van der Waals surface area contributed by atoms with E-state index in [2.05, 4.69) is 11.1 Å². The van der Waals surface area contributed by atoms with Crippen molar-refractivity contribution in [3.63, 3.8) is 0 Å². The number of ether oxygens (including phenoxy) is 1. The molecule has 0 aliphatic carbocycles. The van der Waals surface area contributed by atoms with Gasteiger partial charge in [0.15, 0.2) is 4.77 Å². The van der Waals surface area contributed by atoms with Crippen LogP contribution in [0.15, 0.2) is 42.5 Å². The van der Waals surface area contributed by atoms with Crippen LogP contribution in [0.1, 0.15) is 11.1 Å². The molecule has 1 heterocycles. The van der Waals surface area contributed by atoms with Crippen molar-refractivity contribution in [2.24, 2.45) is 0 Å². The third kappa shape index (κ3) is 2.35. The zero-order chi connectivity index (χ0) is 14.8. The summed E-state index contributed by atoms with van der Waals surface area (Å²) in [7, 11) is 1.67. The van der Waals surface area contributed by atoms with Gasteiger partial charge >= 0.3 is 0 Å². The lowest BCUT2D eigenvalue weighted by Crippen LogP contribution is -2.00. The number of hydrogen-bond donors (Lipinski definition) is 1. The van der Waals surface area contributed by atoms with Crippen LogP contribution in [0.4, 0.5) is 0 Å².